The van der Waals surface area contributed by atoms with Crippen LogP contribution in [0.1, 0.15) is 32.3 Å². The lowest BCUT2D eigenvalue weighted by atomic mass is 9.94. The van der Waals surface area contributed by atoms with E-state index in [0.717, 1.165) is 17.0 Å². The Morgan fingerprint density at radius 2 is 1.81 bits per heavy atom. The molecule has 1 aliphatic heterocycles. The first-order chi connectivity index (χ1) is 14.9. The summed E-state index contributed by atoms with van der Waals surface area (Å²) < 4.78 is 10.8. The molecule has 0 aliphatic carbocycles. The van der Waals surface area contributed by atoms with Crippen molar-refractivity contribution in [3.8, 4) is 11.5 Å². The summed E-state index contributed by atoms with van der Waals surface area (Å²) in [5, 5.41) is 0.455. The Morgan fingerprint density at radius 3 is 2.35 bits per heavy atom. The maximum atomic E-state index is 13.5. The zero-order chi connectivity index (χ0) is 22.4. The monoisotopic (exact) mass is 444 g/mol. The lowest BCUT2D eigenvalue weighted by Gasteiger charge is -2.34. The number of piperidine rings is 1. The van der Waals surface area contributed by atoms with Crippen LogP contribution in [0.3, 0.4) is 0 Å². The van der Waals surface area contributed by atoms with Crippen LogP contribution in [0.25, 0.3) is 0 Å². The van der Waals surface area contributed by atoms with E-state index in [2.05, 4.69) is 0 Å². The van der Waals surface area contributed by atoms with Gasteiger partial charge < -0.3 is 19.3 Å². The Balaban J connectivity index is 1.84. The van der Waals surface area contributed by atoms with E-state index in [1.165, 1.54) is 0 Å². The average molecular weight is 445 g/mol. The summed E-state index contributed by atoms with van der Waals surface area (Å²) in [5.41, 5.74) is 1.71. The molecular weight excluding hydrogens is 416 g/mol. The van der Waals surface area contributed by atoms with Gasteiger partial charge in [0.2, 0.25) is 11.8 Å². The molecule has 0 spiro atoms. The van der Waals surface area contributed by atoms with Gasteiger partial charge in [-0.2, -0.15) is 0 Å². The maximum Gasteiger partial charge on any atom is 0.230 e. The Kier molecular flexibility index (Phi) is 7.80. The molecule has 1 heterocycles. The summed E-state index contributed by atoms with van der Waals surface area (Å²) in [4.78, 5) is 28.7. The number of halogens is 1. The van der Waals surface area contributed by atoms with Crippen molar-refractivity contribution in [1.29, 1.82) is 0 Å². The average Bonchev–Trinajstić information content (AvgIpc) is 2.78. The Hall–Kier alpha value is -2.73. The quantitative estimate of drug-likeness (QED) is 0.629. The molecule has 0 atom stereocenters. The topological polar surface area (TPSA) is 59.1 Å². The van der Waals surface area contributed by atoms with Crippen LogP contribution in [0.5, 0.6) is 11.5 Å². The highest BCUT2D eigenvalue weighted by atomic mass is 35.5. The standard InChI is InChI=1S/C24H29ClN2O4/c1-4-31-21-8-5-18(6-9-21)16-27(20-7-10-23(30-3)22(25)15-20)24(29)19-11-13-26(14-12-19)17(2)28/h5-10,15,19H,4,11-14,16H2,1-3H3. The SMILES string of the molecule is CCOc1ccc(CN(C(=O)C2CCN(C(C)=O)CC2)c2ccc(OC)c(Cl)c2)cc1. The van der Waals surface area contributed by atoms with Crippen LogP contribution in [-0.4, -0.2) is 43.5 Å². The fourth-order valence-corrected chi connectivity index (χ4v) is 4.07. The van der Waals surface area contributed by atoms with Gasteiger partial charge in [0.1, 0.15) is 11.5 Å². The summed E-state index contributed by atoms with van der Waals surface area (Å²) in [5.74, 6) is 1.32. The van der Waals surface area contributed by atoms with Crippen molar-refractivity contribution < 1.29 is 19.1 Å². The van der Waals surface area contributed by atoms with Gasteiger partial charge >= 0.3 is 0 Å². The number of amides is 2. The molecule has 7 heteroatoms. The van der Waals surface area contributed by atoms with Gasteiger partial charge in [0.25, 0.3) is 0 Å². The number of hydrogen-bond donors (Lipinski definition) is 0. The zero-order valence-electron chi connectivity index (χ0n) is 18.3. The predicted octanol–water partition coefficient (Wildman–Crippen LogP) is 4.54. The fourth-order valence-electron chi connectivity index (χ4n) is 3.82. The molecule has 1 saturated heterocycles. The molecule has 3 rings (SSSR count). The van der Waals surface area contributed by atoms with Gasteiger partial charge in [-0.3, -0.25) is 9.59 Å². The summed E-state index contributed by atoms with van der Waals surface area (Å²) in [7, 11) is 1.56. The molecule has 2 aromatic rings. The second-order valence-corrected chi connectivity index (χ2v) is 8.01. The van der Waals surface area contributed by atoms with Crippen LogP contribution in [0.4, 0.5) is 5.69 Å². The minimum Gasteiger partial charge on any atom is -0.495 e. The number of ether oxygens (including phenoxy) is 2. The second kappa shape index (κ2) is 10.5. The summed E-state index contributed by atoms with van der Waals surface area (Å²) >= 11 is 6.35. The minimum absolute atomic E-state index is 0.0401. The summed E-state index contributed by atoms with van der Waals surface area (Å²) in [6, 6.07) is 13.1. The normalized spacial score (nSPS) is 14.3. The molecule has 0 saturated carbocycles. The Bertz CT molecular complexity index is 908. The van der Waals surface area contributed by atoms with E-state index in [0.29, 0.717) is 49.9 Å². The van der Waals surface area contributed by atoms with Crippen molar-refractivity contribution >= 4 is 29.1 Å². The second-order valence-electron chi connectivity index (χ2n) is 7.60. The molecule has 2 aromatic carbocycles. The smallest absolute Gasteiger partial charge is 0.230 e. The van der Waals surface area contributed by atoms with Crippen molar-refractivity contribution in [2.45, 2.75) is 33.2 Å². The molecule has 0 radical (unpaired) electrons. The minimum atomic E-state index is -0.140. The number of rotatable bonds is 7. The van der Waals surface area contributed by atoms with Gasteiger partial charge in [-0.15, -0.1) is 0 Å². The zero-order valence-corrected chi connectivity index (χ0v) is 19.0. The highest BCUT2D eigenvalue weighted by molar-refractivity contribution is 6.32. The van der Waals surface area contributed by atoms with Crippen molar-refractivity contribution in [3.63, 3.8) is 0 Å². The first kappa shape index (κ1) is 22.9. The number of nitrogens with zero attached hydrogens (tertiary/aromatic N) is 2. The van der Waals surface area contributed by atoms with E-state index in [9.17, 15) is 9.59 Å². The van der Waals surface area contributed by atoms with E-state index in [4.69, 9.17) is 21.1 Å². The van der Waals surface area contributed by atoms with Crippen molar-refractivity contribution in [1.82, 2.24) is 4.90 Å². The van der Waals surface area contributed by atoms with Crippen molar-refractivity contribution in [3.05, 3.63) is 53.1 Å². The van der Waals surface area contributed by atoms with E-state index in [1.807, 2.05) is 37.3 Å². The van der Waals surface area contributed by atoms with Crippen LogP contribution in [-0.2, 0) is 16.1 Å². The third kappa shape index (κ3) is 5.70. The molecule has 31 heavy (non-hydrogen) atoms. The van der Waals surface area contributed by atoms with Crippen LogP contribution >= 0.6 is 11.6 Å². The van der Waals surface area contributed by atoms with Gasteiger partial charge in [-0.25, -0.2) is 0 Å². The molecule has 166 valence electrons. The molecule has 0 aromatic heterocycles. The third-order valence-corrected chi connectivity index (χ3v) is 5.87. The fraction of sp³-hybridized carbons (Fsp3) is 0.417. The first-order valence-electron chi connectivity index (χ1n) is 10.5. The largest absolute Gasteiger partial charge is 0.495 e. The van der Waals surface area contributed by atoms with E-state index in [-0.39, 0.29) is 17.7 Å². The highest BCUT2D eigenvalue weighted by Gasteiger charge is 2.30. The van der Waals surface area contributed by atoms with Gasteiger partial charge in [-0.05, 0) is 55.7 Å². The van der Waals surface area contributed by atoms with E-state index in [1.54, 1.807) is 36.0 Å². The number of likely N-dealkylation sites (tertiary alicyclic amines) is 1. The highest BCUT2D eigenvalue weighted by Crippen LogP contribution is 2.32. The van der Waals surface area contributed by atoms with Crippen LogP contribution in [0, 0.1) is 5.92 Å². The molecule has 0 bridgehead atoms. The number of methoxy groups -OCH3 is 1. The van der Waals surface area contributed by atoms with E-state index >= 15 is 0 Å². The van der Waals surface area contributed by atoms with Crippen LogP contribution in [0.2, 0.25) is 5.02 Å². The van der Waals surface area contributed by atoms with Crippen LogP contribution in [0.15, 0.2) is 42.5 Å². The molecule has 2 amide bonds. The summed E-state index contributed by atoms with van der Waals surface area (Å²) in [6.45, 7) is 5.74. The molecule has 0 N–H and O–H groups in total. The summed E-state index contributed by atoms with van der Waals surface area (Å²) in [6.07, 6.45) is 1.31. The van der Waals surface area contributed by atoms with Crippen molar-refractivity contribution in [2.24, 2.45) is 5.92 Å². The first-order valence-corrected chi connectivity index (χ1v) is 10.9. The maximum absolute atomic E-state index is 13.5. The van der Waals surface area contributed by atoms with Gasteiger partial charge in [0.15, 0.2) is 0 Å². The Morgan fingerprint density at radius 1 is 1.13 bits per heavy atom. The van der Waals surface area contributed by atoms with E-state index < -0.39 is 0 Å². The predicted molar refractivity (Wildman–Crippen MR) is 122 cm³/mol. The third-order valence-electron chi connectivity index (χ3n) is 5.58. The van der Waals surface area contributed by atoms with Gasteiger partial charge in [0, 0.05) is 31.6 Å². The lowest BCUT2D eigenvalue weighted by Crippen LogP contribution is -2.43. The Labute approximate surface area is 188 Å². The molecule has 1 fully saturated rings. The van der Waals surface area contributed by atoms with Crippen molar-refractivity contribution in [2.75, 3.05) is 31.7 Å². The number of hydrogen-bond acceptors (Lipinski definition) is 4. The molecule has 1 aliphatic rings. The van der Waals surface area contributed by atoms with Gasteiger partial charge in [-0.1, -0.05) is 23.7 Å². The van der Waals surface area contributed by atoms with Crippen LogP contribution < -0.4 is 14.4 Å². The number of carbonyl (C=O) groups is 2. The lowest BCUT2D eigenvalue weighted by molar-refractivity contribution is -0.133. The number of anilines is 1. The molecular formula is C24H29ClN2O4. The molecule has 6 nitrogen and oxygen atoms in total. The molecule has 0 unspecified atom stereocenters. The number of carbonyl (C=O) groups excluding carboxylic acids is 2. The van der Waals surface area contributed by atoms with Gasteiger partial charge in [0.05, 0.1) is 25.3 Å². The number of benzene rings is 2.